The van der Waals surface area contributed by atoms with Crippen LogP contribution in [-0.4, -0.2) is 20.2 Å². The average molecular weight is 309 g/mol. The second-order valence-electron chi connectivity index (χ2n) is 9.26. The zero-order valence-corrected chi connectivity index (χ0v) is 15.4. The molecule has 0 radical (unpaired) electrons. The van der Waals surface area contributed by atoms with Gasteiger partial charge < -0.3 is 4.43 Å². The van der Waals surface area contributed by atoms with Crippen LogP contribution in [0.2, 0.25) is 18.1 Å². The van der Waals surface area contributed by atoms with Gasteiger partial charge in [-0.1, -0.05) is 20.8 Å². The quantitative estimate of drug-likeness (QED) is 0.685. The minimum absolute atomic E-state index is 0.280. The van der Waals surface area contributed by atoms with Crippen LogP contribution in [0.3, 0.4) is 0 Å². The Morgan fingerprint density at radius 3 is 2.43 bits per heavy atom. The molecule has 0 heterocycles. The third kappa shape index (κ3) is 2.76. The average Bonchev–Trinajstić information content (AvgIpc) is 2.68. The molecule has 21 heavy (non-hydrogen) atoms. The maximum Gasteiger partial charge on any atom is 0.192 e. The number of Topliss-reactive ketones (excluding diaryl/α,β-unsaturated/α-hetero) is 1. The summed E-state index contributed by atoms with van der Waals surface area (Å²) in [5.41, 5.74) is 0. The summed E-state index contributed by atoms with van der Waals surface area (Å²) < 4.78 is 6.82. The molecule has 0 spiro atoms. The molecular formula is C18H32O2Si. The molecule has 0 aromatic heterocycles. The van der Waals surface area contributed by atoms with Gasteiger partial charge >= 0.3 is 0 Å². The van der Waals surface area contributed by atoms with Gasteiger partial charge in [-0.3, -0.25) is 4.79 Å². The lowest BCUT2D eigenvalue weighted by Gasteiger charge is -2.41. The lowest BCUT2D eigenvalue weighted by Crippen LogP contribution is -2.46. The Labute approximate surface area is 131 Å². The maximum atomic E-state index is 12.3. The first kappa shape index (κ1) is 15.7. The van der Waals surface area contributed by atoms with Crippen LogP contribution in [0.5, 0.6) is 0 Å². The Morgan fingerprint density at radius 2 is 1.76 bits per heavy atom. The van der Waals surface area contributed by atoms with Gasteiger partial charge in [-0.25, -0.2) is 0 Å². The second kappa shape index (κ2) is 5.19. The third-order valence-corrected chi connectivity index (χ3v) is 11.5. The van der Waals surface area contributed by atoms with Gasteiger partial charge in [0.15, 0.2) is 8.32 Å². The zero-order valence-electron chi connectivity index (χ0n) is 14.4. The summed E-state index contributed by atoms with van der Waals surface area (Å²) in [5.74, 6) is 3.12. The van der Waals surface area contributed by atoms with E-state index in [9.17, 15) is 4.79 Å². The Bertz CT molecular complexity index is 423. The van der Waals surface area contributed by atoms with Crippen LogP contribution in [0, 0.1) is 23.7 Å². The van der Waals surface area contributed by atoms with Crippen molar-refractivity contribution in [3.8, 4) is 0 Å². The van der Waals surface area contributed by atoms with Crippen LogP contribution in [0.4, 0.5) is 0 Å². The van der Waals surface area contributed by atoms with E-state index in [1.54, 1.807) is 0 Å². The van der Waals surface area contributed by atoms with Crippen LogP contribution >= 0.6 is 0 Å². The fourth-order valence-electron chi connectivity index (χ4n) is 4.71. The summed E-state index contributed by atoms with van der Waals surface area (Å²) in [6.07, 6.45) is 7.25. The van der Waals surface area contributed by atoms with Gasteiger partial charge in [0.1, 0.15) is 5.78 Å². The molecule has 3 rings (SSSR count). The Kier molecular flexibility index (Phi) is 3.89. The van der Waals surface area contributed by atoms with Crippen LogP contribution in [0.15, 0.2) is 0 Å². The number of fused-ring (bicyclic) bond motifs is 1. The molecule has 5 atom stereocenters. The Morgan fingerprint density at radius 1 is 1.05 bits per heavy atom. The molecule has 120 valence electrons. The van der Waals surface area contributed by atoms with Gasteiger partial charge in [0.25, 0.3) is 0 Å². The van der Waals surface area contributed by atoms with E-state index in [-0.39, 0.29) is 5.04 Å². The number of hydrogen-bond acceptors (Lipinski definition) is 2. The standard InChI is InChI=1S/C18H32O2Si/c1-18(2,3)21(4,5)20-17-9-7-13-10-15-12(11-16(13)19)6-8-14(15)17/h12-15,17H,6-11H2,1-5H3/t12-,13-,14-,15+,17-/m1/s1. The third-order valence-electron chi connectivity index (χ3n) is 7.03. The van der Waals surface area contributed by atoms with Crippen molar-refractivity contribution in [1.82, 2.24) is 0 Å². The first-order chi connectivity index (χ1) is 9.69. The second-order valence-corrected chi connectivity index (χ2v) is 14.0. The Hall–Kier alpha value is -0.153. The topological polar surface area (TPSA) is 26.3 Å². The van der Waals surface area contributed by atoms with Crippen molar-refractivity contribution in [3.63, 3.8) is 0 Å². The molecule has 3 fully saturated rings. The summed E-state index contributed by atoms with van der Waals surface area (Å²) in [7, 11) is -1.70. The van der Waals surface area contributed by atoms with Gasteiger partial charge in [0.2, 0.25) is 0 Å². The maximum absolute atomic E-state index is 12.3. The number of ketones is 1. The molecule has 0 aromatic carbocycles. The predicted molar refractivity (Wildman–Crippen MR) is 88.7 cm³/mol. The van der Waals surface area contributed by atoms with E-state index >= 15 is 0 Å². The minimum atomic E-state index is -1.70. The fourth-order valence-corrected chi connectivity index (χ4v) is 6.11. The van der Waals surface area contributed by atoms with Gasteiger partial charge in [-0.15, -0.1) is 0 Å². The van der Waals surface area contributed by atoms with E-state index < -0.39 is 8.32 Å². The van der Waals surface area contributed by atoms with Crippen molar-refractivity contribution in [2.45, 2.75) is 83.5 Å². The molecule has 0 saturated heterocycles. The molecule has 0 N–H and O–H groups in total. The van der Waals surface area contributed by atoms with E-state index in [4.69, 9.17) is 4.43 Å². The van der Waals surface area contributed by atoms with E-state index in [0.29, 0.717) is 23.7 Å². The van der Waals surface area contributed by atoms with E-state index in [0.717, 1.165) is 31.1 Å². The summed E-state index contributed by atoms with van der Waals surface area (Å²) >= 11 is 0. The lowest BCUT2D eigenvalue weighted by molar-refractivity contribution is -0.127. The first-order valence-corrected chi connectivity index (χ1v) is 11.8. The molecule has 3 aliphatic rings. The SMILES string of the molecule is CC(C)(C)[Si](C)(C)O[C@@H]1CC[C@@H]2C[C@H]3[C@H](CC[C@H]31)CC2=O. The highest BCUT2D eigenvalue weighted by molar-refractivity contribution is 6.74. The van der Waals surface area contributed by atoms with Crippen molar-refractivity contribution in [2.24, 2.45) is 23.7 Å². The molecule has 0 unspecified atom stereocenters. The molecule has 3 aliphatic carbocycles. The van der Waals surface area contributed by atoms with E-state index in [2.05, 4.69) is 33.9 Å². The highest BCUT2D eigenvalue weighted by Crippen LogP contribution is 2.53. The van der Waals surface area contributed by atoms with Crippen LogP contribution in [0.25, 0.3) is 0 Å². The normalized spacial score (nSPS) is 40.2. The minimum Gasteiger partial charge on any atom is -0.414 e. The number of carbonyl (C=O) groups excluding carboxylic acids is 1. The molecule has 0 aromatic rings. The van der Waals surface area contributed by atoms with E-state index in [1.807, 2.05) is 0 Å². The molecule has 0 amide bonds. The first-order valence-electron chi connectivity index (χ1n) is 8.89. The van der Waals surface area contributed by atoms with Gasteiger partial charge in [-0.2, -0.15) is 0 Å². The number of carbonyl (C=O) groups is 1. The van der Waals surface area contributed by atoms with Crippen LogP contribution in [0.1, 0.15) is 59.3 Å². The summed E-state index contributed by atoms with van der Waals surface area (Å²) in [5, 5.41) is 0.280. The van der Waals surface area contributed by atoms with Crippen LogP contribution in [-0.2, 0) is 9.22 Å². The monoisotopic (exact) mass is 308 g/mol. The smallest absolute Gasteiger partial charge is 0.192 e. The zero-order chi connectivity index (χ0) is 15.4. The van der Waals surface area contributed by atoms with Gasteiger partial charge in [-0.05, 0) is 68.0 Å². The van der Waals surface area contributed by atoms with E-state index in [1.165, 1.54) is 19.3 Å². The fraction of sp³-hybridized carbons (Fsp3) is 0.944. The lowest BCUT2D eigenvalue weighted by atomic mass is 9.73. The highest BCUT2D eigenvalue weighted by Gasteiger charge is 2.50. The molecule has 3 heteroatoms. The van der Waals surface area contributed by atoms with Crippen LogP contribution < -0.4 is 0 Å². The predicted octanol–water partition coefficient (Wildman–Crippen LogP) is 4.79. The Balaban J connectivity index is 1.80. The van der Waals surface area contributed by atoms with Crippen molar-refractivity contribution in [1.29, 1.82) is 0 Å². The number of rotatable bonds is 2. The molecule has 2 bridgehead atoms. The highest BCUT2D eigenvalue weighted by atomic mass is 28.4. The number of hydrogen-bond donors (Lipinski definition) is 0. The molecule has 0 aliphatic heterocycles. The van der Waals surface area contributed by atoms with Crippen molar-refractivity contribution in [3.05, 3.63) is 0 Å². The molecule has 3 saturated carbocycles. The molecular weight excluding hydrogens is 276 g/mol. The summed E-state index contributed by atoms with van der Waals surface area (Å²) in [6.45, 7) is 11.7. The largest absolute Gasteiger partial charge is 0.414 e. The van der Waals surface area contributed by atoms with Crippen molar-refractivity contribution in [2.75, 3.05) is 0 Å². The summed E-state index contributed by atoms with van der Waals surface area (Å²) in [6, 6.07) is 0. The van der Waals surface area contributed by atoms with Crippen molar-refractivity contribution >= 4 is 14.1 Å². The van der Waals surface area contributed by atoms with Gasteiger partial charge in [0.05, 0.1) is 0 Å². The summed E-state index contributed by atoms with van der Waals surface area (Å²) in [4.78, 5) is 12.3. The van der Waals surface area contributed by atoms with Crippen molar-refractivity contribution < 1.29 is 9.22 Å². The molecule has 2 nitrogen and oxygen atoms in total. The van der Waals surface area contributed by atoms with Gasteiger partial charge in [0, 0.05) is 18.4 Å².